The van der Waals surface area contributed by atoms with E-state index in [9.17, 15) is 0 Å². The van der Waals surface area contributed by atoms with Crippen molar-refractivity contribution in [3.8, 4) is 11.5 Å². The molecule has 24 heavy (non-hydrogen) atoms. The first-order valence-electron chi connectivity index (χ1n) is 8.09. The minimum absolute atomic E-state index is 0.0679. The van der Waals surface area contributed by atoms with Crippen LogP contribution in [0.5, 0.6) is 11.5 Å². The molecule has 3 nitrogen and oxygen atoms in total. The standard InChI is InChI=1S/C21H24NO2/c1-21(2)18-14-17(24-5)11-12-19(18)22(3)20(21)13-8-15-6-9-16(23-4)10-7-15/h6-14H,1-5H3/q+1/b13-8+. The van der Waals surface area contributed by atoms with Crippen molar-refractivity contribution in [2.45, 2.75) is 19.3 Å². The fourth-order valence-electron chi connectivity index (χ4n) is 3.33. The van der Waals surface area contributed by atoms with Gasteiger partial charge < -0.3 is 9.47 Å². The molecule has 1 aliphatic heterocycles. The number of hydrogen-bond donors (Lipinski definition) is 0. The van der Waals surface area contributed by atoms with Gasteiger partial charge in [0.05, 0.1) is 19.6 Å². The SMILES string of the molecule is COc1ccc(/C=C/C2=[N+](C)c3ccc(OC)cc3C2(C)C)cc1. The van der Waals surface area contributed by atoms with Crippen molar-refractivity contribution in [3.63, 3.8) is 0 Å². The highest BCUT2D eigenvalue weighted by Gasteiger charge is 2.43. The first kappa shape index (κ1) is 16.3. The van der Waals surface area contributed by atoms with Gasteiger partial charge in [-0.1, -0.05) is 12.1 Å². The van der Waals surface area contributed by atoms with E-state index in [1.54, 1.807) is 14.2 Å². The monoisotopic (exact) mass is 322 g/mol. The van der Waals surface area contributed by atoms with E-state index in [-0.39, 0.29) is 5.41 Å². The molecule has 0 aromatic heterocycles. The Morgan fingerprint density at radius 1 is 0.875 bits per heavy atom. The van der Waals surface area contributed by atoms with Gasteiger partial charge in [0.2, 0.25) is 5.69 Å². The van der Waals surface area contributed by atoms with Crippen LogP contribution in [-0.4, -0.2) is 31.6 Å². The van der Waals surface area contributed by atoms with Crippen molar-refractivity contribution < 1.29 is 14.0 Å². The summed E-state index contributed by atoms with van der Waals surface area (Å²) >= 11 is 0. The summed E-state index contributed by atoms with van der Waals surface area (Å²) < 4.78 is 12.9. The minimum Gasteiger partial charge on any atom is -0.497 e. The average molecular weight is 322 g/mol. The molecule has 0 saturated heterocycles. The fraction of sp³-hybridized carbons (Fsp3) is 0.286. The molecule has 0 spiro atoms. The number of ether oxygens (including phenoxy) is 2. The van der Waals surface area contributed by atoms with Crippen LogP contribution in [0.2, 0.25) is 0 Å². The van der Waals surface area contributed by atoms with Gasteiger partial charge in [0.15, 0.2) is 5.71 Å². The normalized spacial score (nSPS) is 15.7. The molecule has 2 aromatic rings. The molecule has 0 aliphatic carbocycles. The number of benzene rings is 2. The van der Waals surface area contributed by atoms with Crippen LogP contribution in [0.1, 0.15) is 25.0 Å². The van der Waals surface area contributed by atoms with E-state index in [1.165, 1.54) is 17.0 Å². The Labute approximate surface area is 143 Å². The Kier molecular flexibility index (Phi) is 4.18. The molecular weight excluding hydrogens is 298 g/mol. The van der Waals surface area contributed by atoms with E-state index in [2.05, 4.69) is 61.9 Å². The topological polar surface area (TPSA) is 21.5 Å². The summed E-state index contributed by atoms with van der Waals surface area (Å²) in [7, 11) is 5.51. The summed E-state index contributed by atoms with van der Waals surface area (Å²) in [6.07, 6.45) is 4.35. The molecule has 0 bridgehead atoms. The van der Waals surface area contributed by atoms with Crippen LogP contribution in [0, 0.1) is 0 Å². The Morgan fingerprint density at radius 3 is 2.12 bits per heavy atom. The third kappa shape index (κ3) is 2.71. The highest BCUT2D eigenvalue weighted by molar-refractivity contribution is 6.05. The highest BCUT2D eigenvalue weighted by Crippen LogP contribution is 2.41. The van der Waals surface area contributed by atoms with Crippen LogP contribution in [0.15, 0.2) is 48.5 Å². The lowest BCUT2D eigenvalue weighted by Crippen LogP contribution is -2.26. The van der Waals surface area contributed by atoms with Gasteiger partial charge in [0, 0.05) is 17.7 Å². The molecule has 2 aromatic carbocycles. The largest absolute Gasteiger partial charge is 0.497 e. The van der Waals surface area contributed by atoms with E-state index in [0.717, 1.165) is 17.1 Å². The number of fused-ring (bicyclic) bond motifs is 1. The Morgan fingerprint density at radius 2 is 1.50 bits per heavy atom. The molecule has 1 heterocycles. The Bertz CT molecular complexity index is 814. The number of hydrogen-bond acceptors (Lipinski definition) is 2. The lowest BCUT2D eigenvalue weighted by atomic mass is 9.81. The second-order valence-corrected chi connectivity index (χ2v) is 6.56. The molecule has 0 N–H and O–H groups in total. The summed E-state index contributed by atoms with van der Waals surface area (Å²) in [5.74, 6) is 1.77. The molecule has 0 atom stereocenters. The summed E-state index contributed by atoms with van der Waals surface area (Å²) in [4.78, 5) is 0. The van der Waals surface area contributed by atoms with Crippen LogP contribution in [0.3, 0.4) is 0 Å². The molecule has 3 rings (SSSR count). The van der Waals surface area contributed by atoms with Crippen molar-refractivity contribution in [3.05, 3.63) is 59.7 Å². The van der Waals surface area contributed by atoms with Gasteiger partial charge in [-0.05, 0) is 49.8 Å². The quantitative estimate of drug-likeness (QED) is 0.777. The van der Waals surface area contributed by atoms with Crippen LogP contribution in [-0.2, 0) is 5.41 Å². The van der Waals surface area contributed by atoms with Gasteiger partial charge in [-0.3, -0.25) is 0 Å². The molecule has 3 heteroatoms. The maximum atomic E-state index is 5.40. The molecule has 124 valence electrons. The van der Waals surface area contributed by atoms with Crippen LogP contribution in [0.25, 0.3) is 6.08 Å². The molecule has 1 aliphatic rings. The zero-order valence-electron chi connectivity index (χ0n) is 15.0. The average Bonchev–Trinajstić information content (AvgIpc) is 2.79. The van der Waals surface area contributed by atoms with Gasteiger partial charge in [-0.15, -0.1) is 0 Å². The molecule has 0 fully saturated rings. The lowest BCUT2D eigenvalue weighted by molar-refractivity contribution is -0.401. The first-order valence-corrected chi connectivity index (χ1v) is 8.09. The van der Waals surface area contributed by atoms with Crippen molar-refractivity contribution in [2.24, 2.45) is 0 Å². The van der Waals surface area contributed by atoms with Gasteiger partial charge in [-0.25, -0.2) is 0 Å². The maximum Gasteiger partial charge on any atom is 0.209 e. The zero-order valence-corrected chi connectivity index (χ0v) is 15.0. The summed E-state index contributed by atoms with van der Waals surface area (Å²) in [5, 5.41) is 0. The summed E-state index contributed by atoms with van der Waals surface area (Å²) in [6.45, 7) is 4.50. The second kappa shape index (κ2) is 6.16. The molecule has 0 unspecified atom stereocenters. The van der Waals surface area contributed by atoms with E-state index < -0.39 is 0 Å². The molecule has 0 radical (unpaired) electrons. The van der Waals surface area contributed by atoms with Crippen molar-refractivity contribution in [1.29, 1.82) is 0 Å². The maximum absolute atomic E-state index is 5.40. The van der Waals surface area contributed by atoms with Gasteiger partial charge in [0.25, 0.3) is 0 Å². The number of methoxy groups -OCH3 is 2. The van der Waals surface area contributed by atoms with E-state index in [0.29, 0.717) is 0 Å². The van der Waals surface area contributed by atoms with Gasteiger partial charge >= 0.3 is 0 Å². The predicted octanol–water partition coefficient (Wildman–Crippen LogP) is 4.42. The first-order chi connectivity index (χ1) is 11.5. The Balaban J connectivity index is 1.95. The molecular formula is C21H24NO2+. The van der Waals surface area contributed by atoms with Crippen LogP contribution < -0.4 is 9.47 Å². The van der Waals surface area contributed by atoms with Crippen molar-refractivity contribution in [2.75, 3.05) is 21.3 Å². The van der Waals surface area contributed by atoms with E-state index in [1.807, 2.05) is 18.2 Å². The third-order valence-electron chi connectivity index (χ3n) is 4.79. The van der Waals surface area contributed by atoms with E-state index >= 15 is 0 Å². The number of nitrogens with zero attached hydrogens (tertiary/aromatic N) is 1. The Hall–Kier alpha value is -2.55. The molecule has 0 saturated carbocycles. The van der Waals surface area contributed by atoms with Crippen LogP contribution >= 0.6 is 0 Å². The number of allylic oxidation sites excluding steroid dienone is 1. The number of rotatable bonds is 4. The van der Waals surface area contributed by atoms with E-state index in [4.69, 9.17) is 9.47 Å². The van der Waals surface area contributed by atoms with Crippen LogP contribution in [0.4, 0.5) is 5.69 Å². The minimum atomic E-state index is -0.0679. The predicted molar refractivity (Wildman–Crippen MR) is 98.9 cm³/mol. The zero-order chi connectivity index (χ0) is 17.3. The summed E-state index contributed by atoms with van der Waals surface area (Å²) in [5.41, 5.74) is 4.87. The van der Waals surface area contributed by atoms with Crippen molar-refractivity contribution in [1.82, 2.24) is 0 Å². The summed E-state index contributed by atoms with van der Waals surface area (Å²) in [6, 6.07) is 14.4. The van der Waals surface area contributed by atoms with Crippen molar-refractivity contribution >= 4 is 17.5 Å². The third-order valence-corrected chi connectivity index (χ3v) is 4.79. The fourth-order valence-corrected chi connectivity index (χ4v) is 3.33. The van der Waals surface area contributed by atoms with Gasteiger partial charge in [-0.2, -0.15) is 4.58 Å². The lowest BCUT2D eigenvalue weighted by Gasteiger charge is -2.16. The second-order valence-electron chi connectivity index (χ2n) is 6.56. The molecule has 0 amide bonds. The van der Waals surface area contributed by atoms with Gasteiger partial charge in [0.1, 0.15) is 18.5 Å². The smallest absolute Gasteiger partial charge is 0.209 e. The highest BCUT2D eigenvalue weighted by atomic mass is 16.5.